The van der Waals surface area contributed by atoms with Gasteiger partial charge in [0, 0.05) is 0 Å². The van der Waals surface area contributed by atoms with Crippen molar-refractivity contribution >= 4 is 12.6 Å². The smallest absolute Gasteiger partial charge is 0.0702 e. The Bertz CT molecular complexity index is 86.8. The predicted octanol–water partition coefficient (Wildman–Crippen LogP) is 1.72. The summed E-state index contributed by atoms with van der Waals surface area (Å²) in [6, 6.07) is 0. The van der Waals surface area contributed by atoms with Crippen molar-refractivity contribution in [3.05, 3.63) is 0 Å². The van der Waals surface area contributed by atoms with Gasteiger partial charge in [-0.2, -0.15) is 12.6 Å². The predicted molar refractivity (Wildman–Crippen MR) is 36.5 cm³/mol. The second kappa shape index (κ2) is 2.28. The van der Waals surface area contributed by atoms with Gasteiger partial charge in [0.05, 0.1) is 4.75 Å². The molecule has 0 aromatic heterocycles. The molecule has 0 aromatic rings. The van der Waals surface area contributed by atoms with E-state index >= 15 is 0 Å². The average Bonchev–Trinajstić information content (AvgIpc) is 1.68. The SMILES string of the molecule is C#CC(C)(S)CC. The van der Waals surface area contributed by atoms with E-state index in [0.29, 0.717) is 0 Å². The Morgan fingerprint density at radius 2 is 2.29 bits per heavy atom. The van der Waals surface area contributed by atoms with Gasteiger partial charge in [0.2, 0.25) is 0 Å². The highest BCUT2D eigenvalue weighted by Gasteiger charge is 2.09. The van der Waals surface area contributed by atoms with E-state index < -0.39 is 0 Å². The maximum absolute atomic E-state index is 5.09. The molecule has 0 spiro atoms. The van der Waals surface area contributed by atoms with Crippen LogP contribution in [0.25, 0.3) is 0 Å². The molecule has 0 amide bonds. The van der Waals surface area contributed by atoms with Crippen molar-refractivity contribution < 1.29 is 0 Å². The molecule has 0 fully saturated rings. The Balaban J connectivity index is 3.66. The van der Waals surface area contributed by atoms with Gasteiger partial charge in [0.15, 0.2) is 0 Å². The van der Waals surface area contributed by atoms with E-state index in [0.717, 1.165) is 6.42 Å². The fourth-order valence-electron chi connectivity index (χ4n) is 0.102. The van der Waals surface area contributed by atoms with Crippen LogP contribution in [0.5, 0.6) is 0 Å². The van der Waals surface area contributed by atoms with Crippen LogP contribution in [0.2, 0.25) is 0 Å². The van der Waals surface area contributed by atoms with Crippen LogP contribution in [0.4, 0.5) is 0 Å². The van der Waals surface area contributed by atoms with Crippen molar-refractivity contribution in [2.45, 2.75) is 25.0 Å². The molecule has 0 rings (SSSR count). The van der Waals surface area contributed by atoms with E-state index in [1.807, 2.05) is 13.8 Å². The van der Waals surface area contributed by atoms with Crippen molar-refractivity contribution in [1.82, 2.24) is 0 Å². The zero-order valence-electron chi connectivity index (χ0n) is 4.73. The third-order valence-electron chi connectivity index (χ3n) is 0.999. The number of hydrogen-bond acceptors (Lipinski definition) is 1. The van der Waals surface area contributed by atoms with Crippen molar-refractivity contribution in [3.63, 3.8) is 0 Å². The minimum Gasteiger partial charge on any atom is -0.160 e. The lowest BCUT2D eigenvalue weighted by atomic mass is 10.1. The highest BCUT2D eigenvalue weighted by molar-refractivity contribution is 7.82. The maximum atomic E-state index is 5.09. The van der Waals surface area contributed by atoms with Crippen LogP contribution in [0.1, 0.15) is 20.3 Å². The Morgan fingerprint density at radius 3 is 2.29 bits per heavy atom. The molecule has 0 aliphatic carbocycles. The third kappa shape index (κ3) is 2.59. The molecule has 0 aromatic carbocycles. The maximum Gasteiger partial charge on any atom is 0.0702 e. The molecule has 0 saturated heterocycles. The molecule has 0 aliphatic rings. The summed E-state index contributed by atoms with van der Waals surface area (Å²) in [5.41, 5.74) is 0. The van der Waals surface area contributed by atoms with Crippen LogP contribution < -0.4 is 0 Å². The molecule has 0 bridgehead atoms. The molecular formula is C6H10S. The molecule has 1 atom stereocenters. The van der Waals surface area contributed by atoms with Crippen molar-refractivity contribution in [3.8, 4) is 12.3 Å². The van der Waals surface area contributed by atoms with E-state index in [1.54, 1.807) is 0 Å². The number of rotatable bonds is 1. The lowest BCUT2D eigenvalue weighted by Crippen LogP contribution is -2.09. The molecule has 0 heterocycles. The fourth-order valence-corrected chi connectivity index (χ4v) is 0.102. The number of hydrogen-bond donors (Lipinski definition) is 1. The van der Waals surface area contributed by atoms with Crippen LogP contribution in [0.15, 0.2) is 0 Å². The lowest BCUT2D eigenvalue weighted by Gasteiger charge is -2.10. The lowest BCUT2D eigenvalue weighted by molar-refractivity contribution is 0.787. The van der Waals surface area contributed by atoms with E-state index in [4.69, 9.17) is 6.42 Å². The summed E-state index contributed by atoms with van der Waals surface area (Å²) in [5, 5.41) is 0. The van der Waals surface area contributed by atoms with E-state index in [-0.39, 0.29) is 4.75 Å². The average molecular weight is 114 g/mol. The minimum absolute atomic E-state index is 0.194. The first-order valence-corrected chi connectivity index (χ1v) is 2.77. The summed E-state index contributed by atoms with van der Waals surface area (Å²) in [5.74, 6) is 2.56. The van der Waals surface area contributed by atoms with Gasteiger partial charge in [-0.15, -0.1) is 6.42 Å². The standard InChI is InChI=1S/C6H10S/c1-4-6(3,7)5-2/h1,7H,5H2,2-3H3. The first kappa shape index (κ1) is 6.91. The zero-order chi connectivity index (χ0) is 5.91. The Hall–Kier alpha value is -0.0900. The van der Waals surface area contributed by atoms with Crippen LogP contribution in [-0.4, -0.2) is 4.75 Å². The molecule has 0 saturated carbocycles. The number of thiol groups is 1. The molecule has 7 heavy (non-hydrogen) atoms. The first-order valence-electron chi connectivity index (χ1n) is 2.32. The van der Waals surface area contributed by atoms with E-state index in [9.17, 15) is 0 Å². The summed E-state index contributed by atoms with van der Waals surface area (Å²) in [6.45, 7) is 3.95. The molecule has 1 heteroatoms. The van der Waals surface area contributed by atoms with Crippen LogP contribution in [0.3, 0.4) is 0 Å². The van der Waals surface area contributed by atoms with Gasteiger partial charge in [-0.25, -0.2) is 0 Å². The Labute approximate surface area is 50.7 Å². The Kier molecular flexibility index (Phi) is 2.25. The van der Waals surface area contributed by atoms with Crippen molar-refractivity contribution in [2.75, 3.05) is 0 Å². The van der Waals surface area contributed by atoms with Gasteiger partial charge in [-0.1, -0.05) is 12.8 Å². The summed E-state index contributed by atoms with van der Waals surface area (Å²) in [7, 11) is 0. The Morgan fingerprint density at radius 1 is 1.86 bits per heavy atom. The molecule has 0 radical (unpaired) electrons. The summed E-state index contributed by atoms with van der Waals surface area (Å²) in [6.07, 6.45) is 6.01. The molecule has 1 unspecified atom stereocenters. The highest BCUT2D eigenvalue weighted by Crippen LogP contribution is 2.14. The monoisotopic (exact) mass is 114 g/mol. The van der Waals surface area contributed by atoms with Gasteiger partial charge in [-0.3, -0.25) is 0 Å². The van der Waals surface area contributed by atoms with E-state index in [2.05, 4.69) is 18.5 Å². The van der Waals surface area contributed by atoms with Crippen molar-refractivity contribution in [1.29, 1.82) is 0 Å². The second-order valence-corrected chi connectivity index (χ2v) is 2.76. The second-order valence-electron chi connectivity index (χ2n) is 1.77. The minimum atomic E-state index is -0.194. The summed E-state index contributed by atoms with van der Waals surface area (Å²) >= 11 is 4.15. The van der Waals surface area contributed by atoms with Gasteiger partial charge < -0.3 is 0 Å². The van der Waals surface area contributed by atoms with Crippen LogP contribution in [-0.2, 0) is 0 Å². The molecular weight excluding hydrogens is 104 g/mol. The summed E-state index contributed by atoms with van der Waals surface area (Å²) < 4.78 is -0.194. The van der Waals surface area contributed by atoms with Crippen LogP contribution in [0, 0.1) is 12.3 Å². The zero-order valence-corrected chi connectivity index (χ0v) is 5.63. The highest BCUT2D eigenvalue weighted by atomic mass is 32.1. The van der Waals surface area contributed by atoms with Crippen LogP contribution >= 0.6 is 12.6 Å². The quantitative estimate of drug-likeness (QED) is 0.389. The van der Waals surface area contributed by atoms with Gasteiger partial charge >= 0.3 is 0 Å². The normalized spacial score (nSPS) is 17.4. The van der Waals surface area contributed by atoms with Gasteiger partial charge in [-0.05, 0) is 13.3 Å². The molecule has 0 aliphatic heterocycles. The molecule has 0 N–H and O–H groups in total. The first-order chi connectivity index (χ1) is 3.12. The topological polar surface area (TPSA) is 0 Å². The summed E-state index contributed by atoms with van der Waals surface area (Å²) in [4.78, 5) is 0. The number of terminal acetylenes is 1. The third-order valence-corrected chi connectivity index (χ3v) is 1.44. The molecule has 40 valence electrons. The van der Waals surface area contributed by atoms with Crippen molar-refractivity contribution in [2.24, 2.45) is 0 Å². The largest absolute Gasteiger partial charge is 0.160 e. The van der Waals surface area contributed by atoms with E-state index in [1.165, 1.54) is 0 Å². The molecule has 0 nitrogen and oxygen atoms in total. The van der Waals surface area contributed by atoms with Gasteiger partial charge in [0.25, 0.3) is 0 Å². The van der Waals surface area contributed by atoms with Gasteiger partial charge in [0.1, 0.15) is 0 Å². The fraction of sp³-hybridized carbons (Fsp3) is 0.667.